The van der Waals surface area contributed by atoms with E-state index < -0.39 is 0 Å². The largest absolute Gasteiger partial charge is 0.401 e. The molecule has 0 spiro atoms. The van der Waals surface area contributed by atoms with Gasteiger partial charge in [0.1, 0.15) is 11.4 Å². The SMILES string of the molecule is [CH2-][NH+]1c2ccccc2-c2ccccc21. The minimum atomic E-state index is 1.15. The normalized spacial score (nSPS) is 13.8. The van der Waals surface area contributed by atoms with Crippen LogP contribution in [0.15, 0.2) is 48.5 Å². The van der Waals surface area contributed by atoms with Gasteiger partial charge >= 0.3 is 0 Å². The van der Waals surface area contributed by atoms with Gasteiger partial charge in [-0.15, -0.1) is 7.05 Å². The van der Waals surface area contributed by atoms with E-state index in [1.165, 1.54) is 22.5 Å². The lowest BCUT2D eigenvalue weighted by molar-refractivity contribution is -0.700. The van der Waals surface area contributed by atoms with Crippen molar-refractivity contribution in [3.63, 3.8) is 0 Å². The van der Waals surface area contributed by atoms with Crippen molar-refractivity contribution in [1.29, 1.82) is 0 Å². The number of rotatable bonds is 0. The molecule has 14 heavy (non-hydrogen) atoms. The molecule has 1 aliphatic rings. The average molecular weight is 181 g/mol. The molecule has 1 heterocycles. The van der Waals surface area contributed by atoms with Crippen molar-refractivity contribution in [2.45, 2.75) is 0 Å². The summed E-state index contributed by atoms with van der Waals surface area (Å²) in [5.74, 6) is 0. The molecule has 1 N–H and O–H groups in total. The van der Waals surface area contributed by atoms with Gasteiger partial charge < -0.3 is 4.90 Å². The lowest BCUT2D eigenvalue weighted by Crippen LogP contribution is -2.94. The molecule has 0 saturated heterocycles. The van der Waals surface area contributed by atoms with Crippen molar-refractivity contribution in [2.75, 3.05) is 0 Å². The summed E-state index contributed by atoms with van der Waals surface area (Å²) in [5.41, 5.74) is 5.17. The summed E-state index contributed by atoms with van der Waals surface area (Å²) >= 11 is 0. The Hall–Kier alpha value is -1.60. The Kier molecular flexibility index (Phi) is 1.49. The van der Waals surface area contributed by atoms with Crippen LogP contribution in [0.25, 0.3) is 11.1 Å². The molecule has 3 rings (SSSR count). The summed E-state index contributed by atoms with van der Waals surface area (Å²) in [7, 11) is 4.14. The second-order valence-corrected chi connectivity index (χ2v) is 3.57. The van der Waals surface area contributed by atoms with Gasteiger partial charge in [0, 0.05) is 11.1 Å². The minimum Gasteiger partial charge on any atom is -0.401 e. The molecular weight excluding hydrogens is 170 g/mol. The van der Waals surface area contributed by atoms with E-state index in [4.69, 9.17) is 0 Å². The standard InChI is InChI=1S/C13H11N/c1-14-12-8-4-2-6-10(12)11-7-3-5-9-13(11)14/h2-9,14H,1H2. The second-order valence-electron chi connectivity index (χ2n) is 3.57. The molecule has 0 radical (unpaired) electrons. The molecule has 0 aliphatic carbocycles. The van der Waals surface area contributed by atoms with Crippen LogP contribution in [0.3, 0.4) is 0 Å². The molecule has 2 aromatic carbocycles. The van der Waals surface area contributed by atoms with Crippen molar-refractivity contribution < 1.29 is 4.90 Å². The number of fused-ring (bicyclic) bond motifs is 3. The second kappa shape index (κ2) is 2.69. The Labute approximate surface area is 83.6 Å². The molecule has 0 bridgehead atoms. The zero-order valence-electron chi connectivity index (χ0n) is 7.83. The van der Waals surface area contributed by atoms with Crippen LogP contribution in [-0.2, 0) is 0 Å². The van der Waals surface area contributed by atoms with Crippen molar-refractivity contribution in [2.24, 2.45) is 0 Å². The number of hydrogen-bond acceptors (Lipinski definition) is 0. The molecule has 1 nitrogen and oxygen atoms in total. The molecule has 0 fully saturated rings. The van der Waals surface area contributed by atoms with Gasteiger partial charge in [0.05, 0.1) is 0 Å². The van der Waals surface area contributed by atoms with Gasteiger partial charge in [-0.2, -0.15) is 0 Å². The molecule has 0 amide bonds. The highest BCUT2D eigenvalue weighted by atomic mass is 15.1. The van der Waals surface area contributed by atoms with Crippen LogP contribution in [0.5, 0.6) is 0 Å². The van der Waals surface area contributed by atoms with Gasteiger partial charge in [-0.1, -0.05) is 24.3 Å². The van der Waals surface area contributed by atoms with E-state index in [0.717, 1.165) is 4.90 Å². The third-order valence-electron chi connectivity index (χ3n) is 2.79. The number of para-hydroxylation sites is 2. The molecule has 0 aromatic heterocycles. The average Bonchev–Trinajstić information content (AvgIpc) is 2.55. The lowest BCUT2D eigenvalue weighted by atomic mass is 10.1. The van der Waals surface area contributed by atoms with Gasteiger partial charge in [0.25, 0.3) is 0 Å². The Morgan fingerprint density at radius 3 is 1.64 bits per heavy atom. The van der Waals surface area contributed by atoms with Gasteiger partial charge in [-0.25, -0.2) is 0 Å². The number of quaternary nitrogens is 1. The molecule has 2 aromatic rings. The van der Waals surface area contributed by atoms with E-state index in [1.54, 1.807) is 0 Å². The van der Waals surface area contributed by atoms with Crippen molar-refractivity contribution in [3.05, 3.63) is 55.6 Å². The van der Waals surface area contributed by atoms with Crippen LogP contribution < -0.4 is 4.90 Å². The van der Waals surface area contributed by atoms with Crippen LogP contribution in [0, 0.1) is 7.05 Å². The van der Waals surface area contributed by atoms with Gasteiger partial charge in [0.2, 0.25) is 0 Å². The van der Waals surface area contributed by atoms with E-state index >= 15 is 0 Å². The summed E-state index contributed by atoms with van der Waals surface area (Å²) in [6, 6.07) is 16.9. The zero-order valence-corrected chi connectivity index (χ0v) is 7.83. The monoisotopic (exact) mass is 181 g/mol. The van der Waals surface area contributed by atoms with Crippen LogP contribution in [0.1, 0.15) is 0 Å². The highest BCUT2D eigenvalue weighted by molar-refractivity contribution is 5.84. The highest BCUT2D eigenvalue weighted by Gasteiger charge is 2.23. The molecule has 0 unspecified atom stereocenters. The van der Waals surface area contributed by atoms with Crippen LogP contribution in [-0.4, -0.2) is 0 Å². The van der Waals surface area contributed by atoms with E-state index in [9.17, 15) is 0 Å². The maximum Gasteiger partial charge on any atom is 0.118 e. The van der Waals surface area contributed by atoms with Crippen molar-refractivity contribution >= 4 is 11.4 Å². The predicted molar refractivity (Wildman–Crippen MR) is 57.5 cm³/mol. The molecule has 68 valence electrons. The Morgan fingerprint density at radius 2 is 1.14 bits per heavy atom. The first kappa shape index (κ1) is 7.77. The summed E-state index contributed by atoms with van der Waals surface area (Å²) in [6.07, 6.45) is 0. The first-order valence-electron chi connectivity index (χ1n) is 4.76. The minimum absolute atomic E-state index is 1.15. The zero-order chi connectivity index (χ0) is 9.54. The summed E-state index contributed by atoms with van der Waals surface area (Å²) in [6.45, 7) is 0. The van der Waals surface area contributed by atoms with Crippen molar-refractivity contribution in [1.82, 2.24) is 0 Å². The first-order chi connectivity index (χ1) is 6.88. The van der Waals surface area contributed by atoms with E-state index in [0.29, 0.717) is 0 Å². The lowest BCUT2D eigenvalue weighted by Gasteiger charge is -2.14. The Morgan fingerprint density at radius 1 is 0.714 bits per heavy atom. The van der Waals surface area contributed by atoms with E-state index in [-0.39, 0.29) is 0 Å². The fourth-order valence-electron chi connectivity index (χ4n) is 2.11. The molecule has 1 aliphatic heterocycles. The smallest absolute Gasteiger partial charge is 0.118 e. The predicted octanol–water partition coefficient (Wildman–Crippen LogP) is 2.31. The fourth-order valence-corrected chi connectivity index (χ4v) is 2.11. The van der Waals surface area contributed by atoms with E-state index in [2.05, 4.69) is 55.6 Å². The maximum absolute atomic E-state index is 4.14. The topological polar surface area (TPSA) is 4.44 Å². The van der Waals surface area contributed by atoms with E-state index in [1.807, 2.05) is 0 Å². The molecule has 0 atom stereocenters. The number of benzene rings is 2. The third kappa shape index (κ3) is 0.875. The van der Waals surface area contributed by atoms with Gasteiger partial charge in [-0.3, -0.25) is 0 Å². The highest BCUT2D eigenvalue weighted by Crippen LogP contribution is 2.35. The molecule has 0 saturated carbocycles. The van der Waals surface area contributed by atoms with Gasteiger partial charge in [0.15, 0.2) is 0 Å². The van der Waals surface area contributed by atoms with Crippen LogP contribution >= 0.6 is 0 Å². The van der Waals surface area contributed by atoms with Gasteiger partial charge in [-0.05, 0) is 24.3 Å². The summed E-state index contributed by atoms with van der Waals surface area (Å²) in [5, 5.41) is 0. The fraction of sp³-hybridized carbons (Fsp3) is 0. The van der Waals surface area contributed by atoms with Crippen LogP contribution in [0.2, 0.25) is 0 Å². The van der Waals surface area contributed by atoms with Crippen LogP contribution in [0.4, 0.5) is 11.4 Å². The summed E-state index contributed by atoms with van der Waals surface area (Å²) in [4.78, 5) is 1.15. The number of nitrogens with one attached hydrogen (secondary N) is 1. The Bertz CT molecular complexity index is 443. The third-order valence-corrected chi connectivity index (χ3v) is 2.79. The molecule has 1 heteroatoms. The van der Waals surface area contributed by atoms with Crippen molar-refractivity contribution in [3.8, 4) is 11.1 Å². The number of hydrogen-bond donors (Lipinski definition) is 1. The first-order valence-corrected chi connectivity index (χ1v) is 4.76. The Balaban J connectivity index is 2.36. The quantitative estimate of drug-likeness (QED) is 0.595. The summed E-state index contributed by atoms with van der Waals surface area (Å²) < 4.78 is 0. The molecular formula is C13H11N. The maximum atomic E-state index is 4.14.